The van der Waals surface area contributed by atoms with Crippen molar-refractivity contribution in [1.29, 1.82) is 0 Å². The van der Waals surface area contributed by atoms with Gasteiger partial charge in [-0.05, 0) is 6.26 Å². The zero-order chi connectivity index (χ0) is 10.7. The molecule has 2 rings (SSSR count). The zero-order valence-corrected chi connectivity index (χ0v) is 9.72. The maximum absolute atomic E-state index is 5.86. The maximum Gasteiger partial charge on any atom is 0.255 e. The van der Waals surface area contributed by atoms with Crippen LogP contribution in [0.15, 0.2) is 12.4 Å². The number of aromatic nitrogens is 4. The highest BCUT2D eigenvalue weighted by atomic mass is 35.5. The van der Waals surface area contributed by atoms with Gasteiger partial charge in [-0.3, -0.25) is 0 Å². The number of hydrogen-bond donors (Lipinski definition) is 1. The molecule has 0 unspecified atom stereocenters. The molecule has 0 saturated carbocycles. The van der Waals surface area contributed by atoms with Crippen molar-refractivity contribution in [2.45, 2.75) is 0 Å². The Labute approximate surface area is 96.2 Å². The van der Waals surface area contributed by atoms with Gasteiger partial charge in [-0.25, -0.2) is 0 Å². The number of thioether (sulfide) groups is 1. The van der Waals surface area contributed by atoms with Crippen molar-refractivity contribution in [2.24, 2.45) is 0 Å². The van der Waals surface area contributed by atoms with E-state index < -0.39 is 0 Å². The second-order valence-electron chi connectivity index (χ2n) is 2.86. The van der Waals surface area contributed by atoms with Gasteiger partial charge >= 0.3 is 0 Å². The molecule has 0 bridgehead atoms. The molecule has 2 heterocycles. The van der Waals surface area contributed by atoms with Gasteiger partial charge in [-0.2, -0.15) is 31.3 Å². The van der Waals surface area contributed by atoms with Gasteiger partial charge in [0, 0.05) is 18.4 Å². The Bertz CT molecular complexity index is 457. The van der Waals surface area contributed by atoms with E-state index in [0.717, 1.165) is 18.1 Å². The summed E-state index contributed by atoms with van der Waals surface area (Å²) >= 11 is 7.63. The smallest absolute Gasteiger partial charge is 0.255 e. The molecule has 2 aromatic rings. The molecule has 0 radical (unpaired) electrons. The molecule has 0 aliphatic carbocycles. The fourth-order valence-corrected chi connectivity index (χ4v) is 1.68. The Hall–Kier alpha value is -1.01. The second-order valence-corrected chi connectivity index (χ2v) is 4.23. The van der Waals surface area contributed by atoms with Crippen LogP contribution in [-0.4, -0.2) is 38.1 Å². The number of fused-ring (bicyclic) bond motifs is 1. The van der Waals surface area contributed by atoms with Crippen LogP contribution >= 0.6 is 23.4 Å². The quantitative estimate of drug-likeness (QED) is 0.652. The topological polar surface area (TPSA) is 55.1 Å². The minimum atomic E-state index is 0.419. The molecule has 0 fully saturated rings. The lowest BCUT2D eigenvalue weighted by Gasteiger charge is -2.06. The third kappa shape index (κ3) is 2.32. The van der Waals surface area contributed by atoms with Crippen molar-refractivity contribution in [3.05, 3.63) is 17.5 Å². The Morgan fingerprint density at radius 2 is 2.47 bits per heavy atom. The first kappa shape index (κ1) is 10.5. The van der Waals surface area contributed by atoms with Crippen LogP contribution in [0.25, 0.3) is 5.78 Å². The van der Waals surface area contributed by atoms with Crippen LogP contribution in [0.2, 0.25) is 5.15 Å². The summed E-state index contributed by atoms with van der Waals surface area (Å²) in [7, 11) is 0. The molecular formula is C8H10ClN5S. The SMILES string of the molecule is CSCCNc1cc(Cl)nc2ncnn12. The second kappa shape index (κ2) is 4.67. The monoisotopic (exact) mass is 243 g/mol. The number of rotatable bonds is 4. The molecule has 5 nitrogen and oxygen atoms in total. The van der Waals surface area contributed by atoms with Crippen molar-refractivity contribution in [2.75, 3.05) is 23.9 Å². The molecule has 0 atom stereocenters. The molecule has 80 valence electrons. The van der Waals surface area contributed by atoms with Gasteiger partial charge in [-0.15, -0.1) is 0 Å². The van der Waals surface area contributed by atoms with Gasteiger partial charge in [0.15, 0.2) is 0 Å². The summed E-state index contributed by atoms with van der Waals surface area (Å²) in [6.07, 6.45) is 3.52. The minimum Gasteiger partial charge on any atom is -0.369 e. The summed E-state index contributed by atoms with van der Waals surface area (Å²) < 4.78 is 1.63. The Balaban J connectivity index is 2.27. The molecule has 0 amide bonds. The fourth-order valence-electron chi connectivity index (χ4n) is 1.19. The van der Waals surface area contributed by atoms with Crippen LogP contribution in [0, 0.1) is 0 Å². The number of hydrogen-bond acceptors (Lipinski definition) is 5. The van der Waals surface area contributed by atoms with Crippen molar-refractivity contribution >= 4 is 35.0 Å². The van der Waals surface area contributed by atoms with Crippen LogP contribution in [0.3, 0.4) is 0 Å². The highest BCUT2D eigenvalue weighted by Crippen LogP contribution is 2.14. The van der Waals surface area contributed by atoms with E-state index in [1.807, 2.05) is 0 Å². The highest BCUT2D eigenvalue weighted by molar-refractivity contribution is 7.98. The van der Waals surface area contributed by atoms with Crippen LogP contribution < -0.4 is 5.32 Å². The molecule has 2 aromatic heterocycles. The maximum atomic E-state index is 5.86. The van der Waals surface area contributed by atoms with Crippen molar-refractivity contribution in [1.82, 2.24) is 19.6 Å². The van der Waals surface area contributed by atoms with Gasteiger partial charge in [0.2, 0.25) is 0 Å². The van der Waals surface area contributed by atoms with Crippen LogP contribution in [-0.2, 0) is 0 Å². The molecule has 0 aliphatic rings. The summed E-state index contributed by atoms with van der Waals surface area (Å²) in [5, 5.41) is 7.70. The summed E-state index contributed by atoms with van der Waals surface area (Å²) in [5.41, 5.74) is 0. The van der Waals surface area contributed by atoms with Gasteiger partial charge in [-0.1, -0.05) is 11.6 Å². The van der Waals surface area contributed by atoms with Gasteiger partial charge in [0.05, 0.1) is 0 Å². The molecule has 1 N–H and O–H groups in total. The first-order chi connectivity index (χ1) is 7.31. The van der Waals surface area contributed by atoms with Crippen molar-refractivity contribution in [3.63, 3.8) is 0 Å². The Morgan fingerprint density at radius 3 is 3.27 bits per heavy atom. The van der Waals surface area contributed by atoms with E-state index in [1.54, 1.807) is 22.3 Å². The van der Waals surface area contributed by atoms with Gasteiger partial charge in [0.25, 0.3) is 5.78 Å². The van der Waals surface area contributed by atoms with Gasteiger partial charge in [0.1, 0.15) is 17.3 Å². The highest BCUT2D eigenvalue weighted by Gasteiger charge is 2.05. The predicted octanol–water partition coefficient (Wildman–Crippen LogP) is 1.55. The molecule has 0 aromatic carbocycles. The Kier molecular flexibility index (Phi) is 3.27. The van der Waals surface area contributed by atoms with Crippen molar-refractivity contribution in [3.8, 4) is 0 Å². The van der Waals surface area contributed by atoms with Crippen molar-refractivity contribution < 1.29 is 0 Å². The van der Waals surface area contributed by atoms with Crippen LogP contribution in [0.5, 0.6) is 0 Å². The van der Waals surface area contributed by atoms with E-state index in [9.17, 15) is 0 Å². The summed E-state index contributed by atoms with van der Waals surface area (Å²) in [5.74, 6) is 2.35. The third-order valence-corrected chi connectivity index (χ3v) is 2.64. The van der Waals surface area contributed by atoms with E-state index in [1.165, 1.54) is 6.33 Å². The van der Waals surface area contributed by atoms with E-state index in [0.29, 0.717) is 10.9 Å². The summed E-state index contributed by atoms with van der Waals surface area (Å²) in [4.78, 5) is 8.01. The molecule has 0 saturated heterocycles. The minimum absolute atomic E-state index is 0.419. The van der Waals surface area contributed by atoms with E-state index in [4.69, 9.17) is 11.6 Å². The normalized spacial score (nSPS) is 10.8. The van der Waals surface area contributed by atoms with Gasteiger partial charge < -0.3 is 5.32 Å². The summed E-state index contributed by atoms with van der Waals surface area (Å²) in [6, 6.07) is 1.74. The third-order valence-electron chi connectivity index (χ3n) is 1.83. The average molecular weight is 244 g/mol. The van der Waals surface area contributed by atoms with E-state index >= 15 is 0 Å². The number of halogens is 1. The molecule has 0 aliphatic heterocycles. The lowest BCUT2D eigenvalue weighted by molar-refractivity contribution is 0.933. The van der Waals surface area contributed by atoms with E-state index in [-0.39, 0.29) is 0 Å². The molecular weight excluding hydrogens is 234 g/mol. The lowest BCUT2D eigenvalue weighted by Crippen LogP contribution is -2.09. The van der Waals surface area contributed by atoms with Crippen LogP contribution in [0.4, 0.5) is 5.82 Å². The molecule has 0 spiro atoms. The average Bonchev–Trinajstić information content (AvgIpc) is 2.65. The predicted molar refractivity (Wildman–Crippen MR) is 62.7 cm³/mol. The lowest BCUT2D eigenvalue weighted by atomic mass is 10.5. The Morgan fingerprint density at radius 1 is 1.60 bits per heavy atom. The van der Waals surface area contributed by atoms with Crippen LogP contribution in [0.1, 0.15) is 0 Å². The first-order valence-electron chi connectivity index (χ1n) is 4.40. The van der Waals surface area contributed by atoms with E-state index in [2.05, 4.69) is 26.6 Å². The zero-order valence-electron chi connectivity index (χ0n) is 8.14. The number of nitrogens with zero attached hydrogens (tertiary/aromatic N) is 4. The number of anilines is 1. The largest absolute Gasteiger partial charge is 0.369 e. The number of nitrogens with one attached hydrogen (secondary N) is 1. The molecule has 15 heavy (non-hydrogen) atoms. The molecule has 7 heteroatoms. The summed E-state index contributed by atoms with van der Waals surface area (Å²) in [6.45, 7) is 0.858. The first-order valence-corrected chi connectivity index (χ1v) is 6.17. The fraction of sp³-hybridized carbons (Fsp3) is 0.375. The standard InChI is InChI=1S/C8H10ClN5S/c1-15-3-2-10-7-4-6(9)13-8-11-5-12-14(7)8/h4-5,10H,2-3H2,1H3.